The third-order valence-electron chi connectivity index (χ3n) is 4.41. The Hall–Kier alpha value is -2.05. The predicted molar refractivity (Wildman–Crippen MR) is 129 cm³/mol. The first-order valence-electron chi connectivity index (χ1n) is 9.29. The van der Waals surface area contributed by atoms with Crippen LogP contribution in [0.25, 0.3) is 0 Å². The number of nitrogens with zero attached hydrogens (tertiary/aromatic N) is 2. The van der Waals surface area contributed by atoms with E-state index >= 15 is 0 Å². The number of hydrogen-bond donors (Lipinski definition) is 2. The summed E-state index contributed by atoms with van der Waals surface area (Å²) in [7, 11) is 1.16. The maximum atomic E-state index is 12.5. The SMILES string of the molecule is CN=C(NCc1ccccc1S(=O)(=O)N(C)C)Nc1ccc2c(c1)OCCCO2.I. The van der Waals surface area contributed by atoms with Crippen molar-refractivity contribution in [3.63, 3.8) is 0 Å². The van der Waals surface area contributed by atoms with E-state index in [9.17, 15) is 8.42 Å². The molecule has 30 heavy (non-hydrogen) atoms. The second-order valence-electron chi connectivity index (χ2n) is 6.66. The molecule has 0 fully saturated rings. The van der Waals surface area contributed by atoms with Crippen molar-refractivity contribution >= 4 is 45.6 Å². The maximum Gasteiger partial charge on any atom is 0.242 e. The Morgan fingerprint density at radius 1 is 1.10 bits per heavy atom. The summed E-state index contributed by atoms with van der Waals surface area (Å²) in [4.78, 5) is 4.49. The van der Waals surface area contributed by atoms with Crippen molar-refractivity contribution in [2.24, 2.45) is 4.99 Å². The molecule has 10 heteroatoms. The lowest BCUT2D eigenvalue weighted by Crippen LogP contribution is -2.31. The van der Waals surface area contributed by atoms with E-state index in [1.54, 1.807) is 25.2 Å². The zero-order chi connectivity index (χ0) is 20.9. The molecule has 2 N–H and O–H groups in total. The summed E-state index contributed by atoms with van der Waals surface area (Å²) in [5.41, 5.74) is 1.44. The van der Waals surface area contributed by atoms with Gasteiger partial charge in [0, 0.05) is 45.9 Å². The third-order valence-corrected chi connectivity index (χ3v) is 6.33. The van der Waals surface area contributed by atoms with E-state index < -0.39 is 10.0 Å². The van der Waals surface area contributed by atoms with Crippen molar-refractivity contribution in [1.29, 1.82) is 0 Å². The lowest BCUT2D eigenvalue weighted by atomic mass is 10.2. The number of ether oxygens (including phenoxy) is 2. The topological polar surface area (TPSA) is 92.3 Å². The Labute approximate surface area is 194 Å². The van der Waals surface area contributed by atoms with E-state index in [0.29, 0.717) is 37.0 Å². The molecule has 0 atom stereocenters. The first kappa shape index (κ1) is 24.2. The fraction of sp³-hybridized carbons (Fsp3) is 0.350. The molecule has 0 amide bonds. The van der Waals surface area contributed by atoms with Gasteiger partial charge in [-0.2, -0.15) is 0 Å². The fourth-order valence-electron chi connectivity index (χ4n) is 2.83. The number of aliphatic imine (C=N–C) groups is 1. The van der Waals surface area contributed by atoms with Crippen molar-refractivity contribution in [3.05, 3.63) is 48.0 Å². The normalized spacial score (nSPS) is 13.9. The first-order chi connectivity index (χ1) is 13.9. The summed E-state index contributed by atoms with van der Waals surface area (Å²) < 4.78 is 37.7. The molecule has 2 aromatic rings. The molecule has 0 saturated heterocycles. The van der Waals surface area contributed by atoms with E-state index in [4.69, 9.17) is 9.47 Å². The highest BCUT2D eigenvalue weighted by Crippen LogP contribution is 2.32. The second-order valence-corrected chi connectivity index (χ2v) is 8.78. The number of fused-ring (bicyclic) bond motifs is 1. The van der Waals surface area contributed by atoms with E-state index in [-0.39, 0.29) is 28.9 Å². The smallest absolute Gasteiger partial charge is 0.242 e. The van der Waals surface area contributed by atoms with Crippen LogP contribution in [0.15, 0.2) is 52.4 Å². The highest BCUT2D eigenvalue weighted by atomic mass is 127. The minimum Gasteiger partial charge on any atom is -0.490 e. The second kappa shape index (κ2) is 10.8. The molecule has 164 valence electrons. The number of sulfonamides is 1. The first-order valence-corrected chi connectivity index (χ1v) is 10.7. The van der Waals surface area contributed by atoms with Gasteiger partial charge in [-0.05, 0) is 23.8 Å². The van der Waals surface area contributed by atoms with E-state index in [1.807, 2.05) is 24.3 Å². The third kappa shape index (κ3) is 5.76. The lowest BCUT2D eigenvalue weighted by Gasteiger charge is -2.17. The Bertz CT molecular complexity index is 996. The highest BCUT2D eigenvalue weighted by molar-refractivity contribution is 14.0. The minimum atomic E-state index is -3.53. The Kier molecular flexibility index (Phi) is 8.74. The molecule has 0 aliphatic carbocycles. The van der Waals surface area contributed by atoms with Crippen molar-refractivity contribution in [3.8, 4) is 11.5 Å². The molecule has 1 aliphatic heterocycles. The zero-order valence-corrected chi connectivity index (χ0v) is 20.4. The minimum absolute atomic E-state index is 0. The number of rotatable bonds is 5. The fourth-order valence-corrected chi connectivity index (χ4v) is 3.95. The van der Waals surface area contributed by atoms with Crippen LogP contribution in [-0.2, 0) is 16.6 Å². The van der Waals surface area contributed by atoms with Crippen molar-refractivity contribution < 1.29 is 17.9 Å². The number of guanidine groups is 1. The molecule has 0 bridgehead atoms. The van der Waals surface area contributed by atoms with Crippen LogP contribution in [0.3, 0.4) is 0 Å². The predicted octanol–water partition coefficient (Wildman–Crippen LogP) is 2.90. The molecule has 3 rings (SSSR count). The Morgan fingerprint density at radius 3 is 2.50 bits per heavy atom. The van der Waals surface area contributed by atoms with Gasteiger partial charge in [0.2, 0.25) is 10.0 Å². The van der Waals surface area contributed by atoms with Gasteiger partial charge >= 0.3 is 0 Å². The van der Waals surface area contributed by atoms with Crippen LogP contribution in [-0.4, -0.2) is 53.0 Å². The lowest BCUT2D eigenvalue weighted by molar-refractivity contribution is 0.297. The number of halogens is 1. The molecule has 1 heterocycles. The number of anilines is 1. The largest absolute Gasteiger partial charge is 0.490 e. The number of nitrogens with one attached hydrogen (secondary N) is 2. The molecular weight excluding hydrogens is 519 g/mol. The Morgan fingerprint density at radius 2 is 1.80 bits per heavy atom. The van der Waals surface area contributed by atoms with Gasteiger partial charge < -0.3 is 20.1 Å². The van der Waals surface area contributed by atoms with Crippen LogP contribution in [0.2, 0.25) is 0 Å². The summed E-state index contributed by atoms with van der Waals surface area (Å²) in [5.74, 6) is 1.92. The van der Waals surface area contributed by atoms with E-state index in [2.05, 4.69) is 15.6 Å². The van der Waals surface area contributed by atoms with Gasteiger partial charge in [0.25, 0.3) is 0 Å². The van der Waals surface area contributed by atoms with Gasteiger partial charge in [-0.15, -0.1) is 24.0 Å². The molecule has 8 nitrogen and oxygen atoms in total. The molecule has 1 aliphatic rings. The van der Waals surface area contributed by atoms with Gasteiger partial charge in [0.05, 0.1) is 18.1 Å². The molecule has 2 aromatic carbocycles. The standard InChI is InChI=1S/C20H26N4O4S.HI/c1-21-20(23-16-9-10-17-18(13-16)28-12-6-11-27-17)22-14-15-7-4-5-8-19(15)29(25,26)24(2)3;/h4-5,7-10,13H,6,11-12,14H2,1-3H3,(H2,21,22,23);1H. The highest BCUT2D eigenvalue weighted by Gasteiger charge is 2.20. The quantitative estimate of drug-likeness (QED) is 0.341. The zero-order valence-electron chi connectivity index (χ0n) is 17.2. The average molecular weight is 546 g/mol. The Balaban J connectivity index is 0.00000320. The summed E-state index contributed by atoms with van der Waals surface area (Å²) in [6, 6.07) is 12.5. The van der Waals surface area contributed by atoms with E-state index in [1.165, 1.54) is 18.4 Å². The molecule has 0 aromatic heterocycles. The monoisotopic (exact) mass is 546 g/mol. The summed E-state index contributed by atoms with van der Waals surface area (Å²) in [6.07, 6.45) is 0.843. The molecule has 0 radical (unpaired) electrons. The van der Waals surface area contributed by atoms with E-state index in [0.717, 1.165) is 17.9 Å². The van der Waals surface area contributed by atoms with Crippen LogP contribution >= 0.6 is 24.0 Å². The number of hydrogen-bond acceptors (Lipinski definition) is 5. The molecule has 0 unspecified atom stereocenters. The van der Waals surface area contributed by atoms with Gasteiger partial charge in [-0.3, -0.25) is 4.99 Å². The summed E-state index contributed by atoms with van der Waals surface area (Å²) >= 11 is 0. The van der Waals surface area contributed by atoms with Gasteiger partial charge in [0.15, 0.2) is 17.5 Å². The van der Waals surface area contributed by atoms with Crippen molar-refractivity contribution in [1.82, 2.24) is 9.62 Å². The van der Waals surface area contributed by atoms with Gasteiger partial charge in [-0.1, -0.05) is 18.2 Å². The van der Waals surface area contributed by atoms with Crippen LogP contribution < -0.4 is 20.1 Å². The van der Waals surface area contributed by atoms with Gasteiger partial charge in [-0.25, -0.2) is 12.7 Å². The van der Waals surface area contributed by atoms with Crippen LogP contribution in [0.1, 0.15) is 12.0 Å². The summed E-state index contributed by atoms with van der Waals surface area (Å²) in [6.45, 7) is 1.55. The number of benzene rings is 2. The maximum absolute atomic E-state index is 12.5. The van der Waals surface area contributed by atoms with Crippen molar-refractivity contribution in [2.75, 3.05) is 39.7 Å². The molecular formula is C20H27IN4O4S. The van der Waals surface area contributed by atoms with Gasteiger partial charge in [0.1, 0.15) is 0 Å². The van der Waals surface area contributed by atoms with Crippen LogP contribution in [0.4, 0.5) is 5.69 Å². The molecule has 0 saturated carbocycles. The van der Waals surface area contributed by atoms with Crippen molar-refractivity contribution in [2.45, 2.75) is 17.9 Å². The molecule has 0 spiro atoms. The van der Waals surface area contributed by atoms with Crippen LogP contribution in [0, 0.1) is 0 Å². The van der Waals surface area contributed by atoms with Crippen LogP contribution in [0.5, 0.6) is 11.5 Å². The summed E-state index contributed by atoms with van der Waals surface area (Å²) in [5, 5.41) is 6.36. The average Bonchev–Trinajstić information content (AvgIpc) is 2.96.